The first-order valence-corrected chi connectivity index (χ1v) is 6.36. The zero-order valence-electron chi connectivity index (χ0n) is 8.25. The van der Waals surface area contributed by atoms with Crippen molar-refractivity contribution in [3.05, 3.63) is 28.2 Å². The highest BCUT2D eigenvalue weighted by molar-refractivity contribution is 9.10. The van der Waals surface area contributed by atoms with Gasteiger partial charge in [0.2, 0.25) is 0 Å². The molecule has 0 saturated carbocycles. The molecular formula is C10H14BrNOS. The van der Waals surface area contributed by atoms with Crippen LogP contribution in [-0.4, -0.2) is 25.0 Å². The van der Waals surface area contributed by atoms with Crippen LogP contribution in [0.2, 0.25) is 0 Å². The van der Waals surface area contributed by atoms with Crippen LogP contribution in [0, 0.1) is 0 Å². The summed E-state index contributed by atoms with van der Waals surface area (Å²) in [6.45, 7) is 0.574. The first kappa shape index (κ1) is 12.0. The van der Waals surface area contributed by atoms with Crippen molar-refractivity contribution in [1.82, 2.24) is 5.32 Å². The van der Waals surface area contributed by atoms with Crippen molar-refractivity contribution in [3.8, 4) is 0 Å². The molecule has 0 aliphatic rings. The van der Waals surface area contributed by atoms with Gasteiger partial charge in [0.25, 0.3) is 0 Å². The minimum atomic E-state index is -0.441. The van der Waals surface area contributed by atoms with E-state index in [0.29, 0.717) is 6.54 Å². The summed E-state index contributed by atoms with van der Waals surface area (Å²) in [6.07, 6.45) is 1.58. The minimum Gasteiger partial charge on any atom is -0.387 e. The Morgan fingerprint density at radius 1 is 1.50 bits per heavy atom. The molecule has 0 amide bonds. The van der Waals surface area contributed by atoms with E-state index in [-0.39, 0.29) is 0 Å². The number of rotatable bonds is 4. The number of likely N-dealkylation sites (N-methyl/N-ethyl adjacent to an activating group) is 1. The van der Waals surface area contributed by atoms with Crippen LogP contribution < -0.4 is 5.32 Å². The SMILES string of the molecule is CNCC(O)c1cc(Br)cc(SC)c1. The number of aliphatic hydroxyl groups excluding tert-OH is 1. The van der Waals surface area contributed by atoms with Crippen LogP contribution in [-0.2, 0) is 0 Å². The Morgan fingerprint density at radius 3 is 2.79 bits per heavy atom. The summed E-state index contributed by atoms with van der Waals surface area (Å²) in [7, 11) is 1.83. The molecule has 78 valence electrons. The summed E-state index contributed by atoms with van der Waals surface area (Å²) < 4.78 is 1.01. The monoisotopic (exact) mass is 275 g/mol. The topological polar surface area (TPSA) is 32.3 Å². The average molecular weight is 276 g/mol. The zero-order valence-corrected chi connectivity index (χ0v) is 10.7. The third-order valence-electron chi connectivity index (χ3n) is 1.91. The van der Waals surface area contributed by atoms with E-state index in [9.17, 15) is 5.11 Å². The Kier molecular flexibility index (Phi) is 4.95. The molecule has 1 aromatic rings. The smallest absolute Gasteiger partial charge is 0.0915 e. The van der Waals surface area contributed by atoms with E-state index in [1.54, 1.807) is 11.8 Å². The first-order chi connectivity index (χ1) is 6.67. The quantitative estimate of drug-likeness (QED) is 0.828. The van der Waals surface area contributed by atoms with Crippen molar-refractivity contribution >= 4 is 27.7 Å². The number of hydrogen-bond donors (Lipinski definition) is 2. The molecule has 14 heavy (non-hydrogen) atoms. The number of benzene rings is 1. The van der Waals surface area contributed by atoms with Crippen LogP contribution in [0.25, 0.3) is 0 Å². The van der Waals surface area contributed by atoms with E-state index in [1.165, 1.54) is 0 Å². The van der Waals surface area contributed by atoms with Crippen LogP contribution in [0.5, 0.6) is 0 Å². The van der Waals surface area contributed by atoms with Crippen molar-refractivity contribution in [2.75, 3.05) is 19.8 Å². The fourth-order valence-corrected chi connectivity index (χ4v) is 2.37. The van der Waals surface area contributed by atoms with Gasteiger partial charge in [0.15, 0.2) is 0 Å². The molecule has 0 spiro atoms. The fourth-order valence-electron chi connectivity index (χ4n) is 1.21. The van der Waals surface area contributed by atoms with Gasteiger partial charge in [-0.3, -0.25) is 0 Å². The molecule has 2 nitrogen and oxygen atoms in total. The van der Waals surface area contributed by atoms with Gasteiger partial charge in [0, 0.05) is 15.9 Å². The average Bonchev–Trinajstić information content (AvgIpc) is 2.17. The molecule has 2 N–H and O–H groups in total. The van der Waals surface area contributed by atoms with Crippen LogP contribution in [0.3, 0.4) is 0 Å². The molecule has 0 saturated heterocycles. The molecule has 1 rings (SSSR count). The number of hydrogen-bond acceptors (Lipinski definition) is 3. The zero-order chi connectivity index (χ0) is 10.6. The Bertz CT molecular complexity index is 306. The van der Waals surface area contributed by atoms with Crippen LogP contribution in [0.1, 0.15) is 11.7 Å². The Labute approximate surface area is 97.2 Å². The second kappa shape index (κ2) is 5.75. The maximum Gasteiger partial charge on any atom is 0.0915 e. The van der Waals surface area contributed by atoms with Gasteiger partial charge in [0.05, 0.1) is 6.10 Å². The van der Waals surface area contributed by atoms with Crippen molar-refractivity contribution < 1.29 is 5.11 Å². The molecule has 0 aliphatic carbocycles. The number of nitrogens with one attached hydrogen (secondary N) is 1. The van der Waals surface area contributed by atoms with Crippen molar-refractivity contribution in [2.24, 2.45) is 0 Å². The highest BCUT2D eigenvalue weighted by atomic mass is 79.9. The second-order valence-corrected chi connectivity index (χ2v) is 4.79. The Hall–Kier alpha value is -0.0300. The lowest BCUT2D eigenvalue weighted by atomic mass is 10.1. The highest BCUT2D eigenvalue weighted by Gasteiger charge is 2.07. The second-order valence-electron chi connectivity index (χ2n) is 3.00. The third kappa shape index (κ3) is 3.28. The molecule has 0 aliphatic heterocycles. The molecule has 0 radical (unpaired) electrons. The molecule has 1 atom stereocenters. The van der Waals surface area contributed by atoms with E-state index in [0.717, 1.165) is 14.9 Å². The molecule has 4 heteroatoms. The van der Waals surface area contributed by atoms with E-state index in [4.69, 9.17) is 0 Å². The van der Waals surface area contributed by atoms with Gasteiger partial charge >= 0.3 is 0 Å². The van der Waals surface area contributed by atoms with Gasteiger partial charge in [0.1, 0.15) is 0 Å². The molecule has 0 bridgehead atoms. The molecule has 0 heterocycles. The van der Waals surface area contributed by atoms with Gasteiger partial charge in [-0.2, -0.15) is 0 Å². The first-order valence-electron chi connectivity index (χ1n) is 4.34. The maximum atomic E-state index is 9.77. The summed E-state index contributed by atoms with van der Waals surface area (Å²) in [5.74, 6) is 0. The fraction of sp³-hybridized carbons (Fsp3) is 0.400. The van der Waals surface area contributed by atoms with Crippen LogP contribution >= 0.6 is 27.7 Å². The van der Waals surface area contributed by atoms with Gasteiger partial charge in [-0.1, -0.05) is 15.9 Å². The molecule has 0 fully saturated rings. The van der Waals surface area contributed by atoms with Crippen molar-refractivity contribution in [1.29, 1.82) is 0 Å². The van der Waals surface area contributed by atoms with Gasteiger partial charge in [-0.05, 0) is 37.1 Å². The molecule has 1 unspecified atom stereocenters. The summed E-state index contributed by atoms with van der Waals surface area (Å²) >= 11 is 5.10. The van der Waals surface area contributed by atoms with Crippen molar-refractivity contribution in [2.45, 2.75) is 11.0 Å². The lowest BCUT2D eigenvalue weighted by Gasteiger charge is -2.11. The largest absolute Gasteiger partial charge is 0.387 e. The summed E-state index contributed by atoms with van der Waals surface area (Å²) in [6, 6.07) is 6.00. The molecular weight excluding hydrogens is 262 g/mol. The Morgan fingerprint density at radius 2 is 2.21 bits per heavy atom. The third-order valence-corrected chi connectivity index (χ3v) is 3.08. The van der Waals surface area contributed by atoms with E-state index in [1.807, 2.05) is 31.5 Å². The summed E-state index contributed by atoms with van der Waals surface area (Å²) in [5, 5.41) is 12.7. The Balaban J connectivity index is 2.90. The lowest BCUT2D eigenvalue weighted by molar-refractivity contribution is 0.177. The minimum absolute atomic E-state index is 0.441. The van der Waals surface area contributed by atoms with E-state index >= 15 is 0 Å². The number of thioether (sulfide) groups is 1. The number of halogens is 1. The summed E-state index contributed by atoms with van der Waals surface area (Å²) in [4.78, 5) is 1.16. The standard InChI is InChI=1S/C10H14BrNOS/c1-12-6-10(13)7-3-8(11)5-9(4-7)14-2/h3-5,10,12-13H,6H2,1-2H3. The van der Waals surface area contributed by atoms with Gasteiger partial charge in [-0.25, -0.2) is 0 Å². The maximum absolute atomic E-state index is 9.77. The molecule has 1 aromatic carbocycles. The van der Waals surface area contributed by atoms with Gasteiger partial charge in [-0.15, -0.1) is 11.8 Å². The predicted octanol–water partition coefficient (Wildman–Crippen LogP) is 2.42. The van der Waals surface area contributed by atoms with E-state index < -0.39 is 6.10 Å². The van der Waals surface area contributed by atoms with E-state index in [2.05, 4.69) is 21.2 Å². The van der Waals surface area contributed by atoms with Crippen molar-refractivity contribution in [3.63, 3.8) is 0 Å². The predicted molar refractivity (Wildman–Crippen MR) is 64.8 cm³/mol. The molecule has 0 aromatic heterocycles. The van der Waals surface area contributed by atoms with Crippen LogP contribution in [0.4, 0.5) is 0 Å². The lowest BCUT2D eigenvalue weighted by Crippen LogP contribution is -2.16. The van der Waals surface area contributed by atoms with Gasteiger partial charge < -0.3 is 10.4 Å². The highest BCUT2D eigenvalue weighted by Crippen LogP contribution is 2.25. The summed E-state index contributed by atoms with van der Waals surface area (Å²) in [5.41, 5.74) is 0.943. The normalized spacial score (nSPS) is 12.9. The number of aliphatic hydroxyl groups is 1. The van der Waals surface area contributed by atoms with Crippen LogP contribution in [0.15, 0.2) is 27.6 Å².